The van der Waals surface area contributed by atoms with Gasteiger partial charge in [0.25, 0.3) is 0 Å². The second kappa shape index (κ2) is 6.85. The number of benzene rings is 1. The third kappa shape index (κ3) is 3.70. The van der Waals surface area contributed by atoms with Gasteiger partial charge in [-0.3, -0.25) is 0 Å². The topological polar surface area (TPSA) is 37.0 Å². The lowest BCUT2D eigenvalue weighted by atomic mass is 10.3. The fraction of sp³-hybridized carbons (Fsp3) is 0.154. The zero-order valence-corrected chi connectivity index (χ0v) is 14.3. The number of pyridine rings is 1. The summed E-state index contributed by atoms with van der Waals surface area (Å²) in [4.78, 5) is 4.38. The summed E-state index contributed by atoms with van der Waals surface area (Å²) in [7, 11) is 0. The summed E-state index contributed by atoms with van der Waals surface area (Å²) in [6, 6.07) is 7.06. The van der Waals surface area contributed by atoms with E-state index in [0.29, 0.717) is 26.7 Å². The van der Waals surface area contributed by atoms with Crippen molar-refractivity contribution in [2.45, 2.75) is 6.92 Å². The molecule has 106 valence electrons. The molecule has 0 saturated carbocycles. The predicted molar refractivity (Wildman–Crippen MR) is 90.9 cm³/mol. The molecule has 0 aliphatic heterocycles. The standard InChI is InChI=1S/C13H11BrCl3N3/c1-2-18-12-9(16)6-10(17)13(20-12)19-11-4-3-7(15)5-8(11)14/h3-6H,2H2,1H3,(H2,18,19,20). The Labute approximate surface area is 140 Å². The molecule has 1 heterocycles. The molecule has 0 bridgehead atoms. The molecule has 20 heavy (non-hydrogen) atoms. The summed E-state index contributed by atoms with van der Waals surface area (Å²) >= 11 is 21.6. The summed E-state index contributed by atoms with van der Waals surface area (Å²) in [6.07, 6.45) is 0. The summed E-state index contributed by atoms with van der Waals surface area (Å²) in [5.41, 5.74) is 0.813. The van der Waals surface area contributed by atoms with Gasteiger partial charge in [0.1, 0.15) is 5.82 Å². The second-order valence-corrected chi connectivity index (χ2v) is 6.03. The third-order valence-electron chi connectivity index (χ3n) is 2.46. The molecule has 0 atom stereocenters. The first-order valence-corrected chi connectivity index (χ1v) is 7.76. The summed E-state index contributed by atoms with van der Waals surface area (Å²) in [6.45, 7) is 2.69. The normalized spacial score (nSPS) is 10.4. The van der Waals surface area contributed by atoms with Gasteiger partial charge in [0, 0.05) is 16.0 Å². The number of hydrogen-bond acceptors (Lipinski definition) is 3. The van der Waals surface area contributed by atoms with Gasteiger partial charge in [-0.2, -0.15) is 0 Å². The van der Waals surface area contributed by atoms with Crippen molar-refractivity contribution in [2.24, 2.45) is 0 Å². The van der Waals surface area contributed by atoms with Crippen molar-refractivity contribution < 1.29 is 0 Å². The van der Waals surface area contributed by atoms with E-state index in [1.54, 1.807) is 18.2 Å². The molecule has 0 radical (unpaired) electrons. The van der Waals surface area contributed by atoms with Crippen LogP contribution in [0.4, 0.5) is 17.3 Å². The van der Waals surface area contributed by atoms with Crippen molar-refractivity contribution in [3.05, 3.63) is 43.8 Å². The molecule has 3 nitrogen and oxygen atoms in total. The monoisotopic (exact) mass is 393 g/mol. The van der Waals surface area contributed by atoms with E-state index in [4.69, 9.17) is 34.8 Å². The summed E-state index contributed by atoms with van der Waals surface area (Å²) in [5.74, 6) is 1.11. The molecular weight excluding hydrogens is 384 g/mol. The molecule has 7 heteroatoms. The van der Waals surface area contributed by atoms with Crippen molar-refractivity contribution in [3.63, 3.8) is 0 Å². The maximum Gasteiger partial charge on any atom is 0.151 e. The smallest absolute Gasteiger partial charge is 0.151 e. The van der Waals surface area contributed by atoms with Gasteiger partial charge in [-0.1, -0.05) is 34.8 Å². The lowest BCUT2D eigenvalue weighted by molar-refractivity contribution is 1.16. The first-order chi connectivity index (χ1) is 9.51. The molecule has 0 spiro atoms. The Hall–Kier alpha value is -0.680. The first kappa shape index (κ1) is 15.7. The number of nitrogens with one attached hydrogen (secondary N) is 2. The average Bonchev–Trinajstić information content (AvgIpc) is 2.38. The molecule has 0 aliphatic carbocycles. The quantitative estimate of drug-likeness (QED) is 0.669. The number of hydrogen-bond donors (Lipinski definition) is 2. The molecule has 0 fully saturated rings. The van der Waals surface area contributed by atoms with Crippen LogP contribution < -0.4 is 10.6 Å². The van der Waals surface area contributed by atoms with Crippen LogP contribution in [0.15, 0.2) is 28.7 Å². The van der Waals surface area contributed by atoms with Gasteiger partial charge in [0.15, 0.2) is 5.82 Å². The Morgan fingerprint density at radius 2 is 1.80 bits per heavy atom. The highest BCUT2D eigenvalue weighted by atomic mass is 79.9. The fourth-order valence-electron chi connectivity index (χ4n) is 1.56. The largest absolute Gasteiger partial charge is 0.369 e. The van der Waals surface area contributed by atoms with Crippen LogP contribution in [0, 0.1) is 0 Å². The van der Waals surface area contributed by atoms with Crippen molar-refractivity contribution >= 4 is 68.1 Å². The van der Waals surface area contributed by atoms with E-state index in [1.807, 2.05) is 13.0 Å². The summed E-state index contributed by atoms with van der Waals surface area (Å²) < 4.78 is 0.822. The van der Waals surface area contributed by atoms with E-state index in [0.717, 1.165) is 16.7 Å². The van der Waals surface area contributed by atoms with E-state index in [1.165, 1.54) is 0 Å². The lowest BCUT2D eigenvalue weighted by Gasteiger charge is -2.13. The predicted octanol–water partition coefficient (Wildman–Crippen LogP) is 5.98. The van der Waals surface area contributed by atoms with Crippen LogP contribution in [-0.2, 0) is 0 Å². The van der Waals surface area contributed by atoms with Gasteiger partial charge < -0.3 is 10.6 Å². The molecule has 0 saturated heterocycles. The van der Waals surface area contributed by atoms with Crippen LogP contribution in [0.1, 0.15) is 6.92 Å². The average molecular weight is 396 g/mol. The zero-order chi connectivity index (χ0) is 14.7. The van der Waals surface area contributed by atoms with E-state index in [2.05, 4.69) is 31.5 Å². The molecule has 1 aromatic heterocycles. The van der Waals surface area contributed by atoms with Gasteiger partial charge in [0.05, 0.1) is 15.7 Å². The molecule has 2 rings (SSSR count). The number of nitrogens with zero attached hydrogens (tertiary/aromatic N) is 1. The Bertz CT molecular complexity index is 634. The number of anilines is 3. The van der Waals surface area contributed by atoms with E-state index < -0.39 is 0 Å². The van der Waals surface area contributed by atoms with Crippen LogP contribution >= 0.6 is 50.7 Å². The number of halogens is 4. The van der Waals surface area contributed by atoms with Gasteiger partial charge >= 0.3 is 0 Å². The van der Waals surface area contributed by atoms with Gasteiger partial charge in [-0.05, 0) is 47.1 Å². The molecule has 1 aromatic carbocycles. The molecule has 2 N–H and O–H groups in total. The van der Waals surface area contributed by atoms with Crippen LogP contribution in [0.25, 0.3) is 0 Å². The SMILES string of the molecule is CCNc1nc(Nc2ccc(Cl)cc2Br)c(Cl)cc1Cl. The molecule has 0 aliphatic rings. The minimum Gasteiger partial charge on any atom is -0.369 e. The van der Waals surface area contributed by atoms with E-state index in [-0.39, 0.29) is 0 Å². The minimum absolute atomic E-state index is 0.443. The van der Waals surface area contributed by atoms with E-state index in [9.17, 15) is 0 Å². The Morgan fingerprint density at radius 3 is 2.45 bits per heavy atom. The van der Waals surface area contributed by atoms with Crippen LogP contribution in [0.5, 0.6) is 0 Å². The van der Waals surface area contributed by atoms with Crippen molar-refractivity contribution in [1.29, 1.82) is 0 Å². The number of aromatic nitrogens is 1. The van der Waals surface area contributed by atoms with Gasteiger partial charge in [0.2, 0.25) is 0 Å². The molecule has 0 unspecified atom stereocenters. The molecule has 0 amide bonds. The van der Waals surface area contributed by atoms with E-state index >= 15 is 0 Å². The minimum atomic E-state index is 0.443. The van der Waals surface area contributed by atoms with Crippen molar-refractivity contribution in [3.8, 4) is 0 Å². The Kier molecular flexibility index (Phi) is 5.38. The zero-order valence-electron chi connectivity index (χ0n) is 10.5. The van der Waals surface area contributed by atoms with Crippen molar-refractivity contribution in [1.82, 2.24) is 4.98 Å². The molecular formula is C13H11BrCl3N3. The molecule has 2 aromatic rings. The first-order valence-electron chi connectivity index (χ1n) is 5.83. The third-order valence-corrected chi connectivity index (χ3v) is 3.93. The lowest BCUT2D eigenvalue weighted by Crippen LogP contribution is -2.03. The Balaban J connectivity index is 2.35. The Morgan fingerprint density at radius 1 is 1.10 bits per heavy atom. The highest BCUT2D eigenvalue weighted by molar-refractivity contribution is 9.10. The van der Waals surface area contributed by atoms with Gasteiger partial charge in [-0.25, -0.2) is 4.98 Å². The highest BCUT2D eigenvalue weighted by Crippen LogP contribution is 2.33. The van der Waals surface area contributed by atoms with Crippen LogP contribution in [0.3, 0.4) is 0 Å². The summed E-state index contributed by atoms with van der Waals surface area (Å²) in [5, 5.41) is 7.80. The van der Waals surface area contributed by atoms with Crippen LogP contribution in [-0.4, -0.2) is 11.5 Å². The fourth-order valence-corrected chi connectivity index (χ4v) is 2.82. The van der Waals surface area contributed by atoms with Crippen molar-refractivity contribution in [2.75, 3.05) is 17.2 Å². The van der Waals surface area contributed by atoms with Crippen LogP contribution in [0.2, 0.25) is 15.1 Å². The highest BCUT2D eigenvalue weighted by Gasteiger charge is 2.10. The number of rotatable bonds is 4. The maximum absolute atomic E-state index is 6.16. The maximum atomic E-state index is 6.16. The van der Waals surface area contributed by atoms with Gasteiger partial charge in [-0.15, -0.1) is 0 Å². The second-order valence-electron chi connectivity index (χ2n) is 3.93.